The van der Waals surface area contributed by atoms with E-state index in [1.807, 2.05) is 0 Å². The maximum Gasteiger partial charge on any atom is 0.335 e. The van der Waals surface area contributed by atoms with Crippen molar-refractivity contribution in [3.63, 3.8) is 0 Å². The molecule has 6 heteroatoms. The van der Waals surface area contributed by atoms with E-state index in [0.717, 1.165) is 11.3 Å². The summed E-state index contributed by atoms with van der Waals surface area (Å²) in [6.45, 7) is 0.610. The number of fused-ring (bicyclic) bond motifs is 1. The lowest BCUT2D eigenvalue weighted by molar-refractivity contribution is -0.119. The predicted molar refractivity (Wildman–Crippen MR) is 66.0 cm³/mol. The molecular weight excluding hydrogens is 248 g/mol. The molecule has 0 bridgehead atoms. The van der Waals surface area contributed by atoms with Gasteiger partial charge in [0.05, 0.1) is 11.3 Å². The highest BCUT2D eigenvalue weighted by atomic mass is 16.4. The molecule has 1 aromatic carbocycles. The molecule has 2 aliphatic heterocycles. The van der Waals surface area contributed by atoms with Crippen molar-refractivity contribution in [3.8, 4) is 0 Å². The molecule has 6 nitrogen and oxygen atoms in total. The Balaban J connectivity index is 1.92. The van der Waals surface area contributed by atoms with Crippen LogP contribution in [0.5, 0.6) is 0 Å². The predicted octanol–water partition coefficient (Wildman–Crippen LogP) is 1.32. The van der Waals surface area contributed by atoms with E-state index in [4.69, 9.17) is 5.11 Å². The average Bonchev–Trinajstić information content (AvgIpc) is 2.95. The molecular formula is C13H12N2O4. The largest absolute Gasteiger partial charge is 0.478 e. The zero-order valence-corrected chi connectivity index (χ0v) is 10.1. The van der Waals surface area contributed by atoms with Gasteiger partial charge in [-0.1, -0.05) is 0 Å². The Morgan fingerprint density at radius 3 is 2.47 bits per heavy atom. The Morgan fingerprint density at radius 1 is 1.21 bits per heavy atom. The standard InChI is InChI=1S/C13H12N2O4/c16-11-10-2-1-7-14(10)13(19)15(11)9-5-3-8(4-6-9)12(17)18/h3-6,10H,1-2,7H2,(H,17,18)/t10-/m0/s1. The van der Waals surface area contributed by atoms with Crippen LogP contribution < -0.4 is 4.90 Å². The number of aromatic carboxylic acids is 1. The van der Waals surface area contributed by atoms with Crippen molar-refractivity contribution in [3.05, 3.63) is 29.8 Å². The lowest BCUT2D eigenvalue weighted by atomic mass is 10.2. The van der Waals surface area contributed by atoms with Gasteiger partial charge in [0.15, 0.2) is 0 Å². The zero-order valence-electron chi connectivity index (χ0n) is 10.1. The number of hydrogen-bond donors (Lipinski definition) is 1. The van der Waals surface area contributed by atoms with Gasteiger partial charge in [0.2, 0.25) is 0 Å². The maximum absolute atomic E-state index is 12.2. The first-order chi connectivity index (χ1) is 9.09. The number of benzene rings is 1. The normalized spacial score (nSPS) is 22.0. The molecule has 3 amide bonds. The number of imide groups is 1. The molecule has 0 spiro atoms. The molecule has 2 aliphatic rings. The third-order valence-electron chi connectivity index (χ3n) is 3.57. The summed E-state index contributed by atoms with van der Waals surface area (Å²) in [6, 6.07) is 5.11. The van der Waals surface area contributed by atoms with Gasteiger partial charge in [-0.2, -0.15) is 0 Å². The summed E-state index contributed by atoms with van der Waals surface area (Å²) in [4.78, 5) is 37.8. The Bertz CT molecular complexity index is 545. The molecule has 0 saturated carbocycles. The summed E-state index contributed by atoms with van der Waals surface area (Å²) < 4.78 is 0. The number of carboxylic acid groups (broad SMARTS) is 1. The molecule has 1 N–H and O–H groups in total. The molecule has 2 heterocycles. The minimum Gasteiger partial charge on any atom is -0.478 e. The number of carbonyl (C=O) groups is 3. The quantitative estimate of drug-likeness (QED) is 0.813. The molecule has 98 valence electrons. The summed E-state index contributed by atoms with van der Waals surface area (Å²) in [5.74, 6) is -1.25. The first-order valence-corrected chi connectivity index (χ1v) is 6.07. The van der Waals surface area contributed by atoms with Crippen molar-refractivity contribution in [2.45, 2.75) is 18.9 Å². The number of urea groups is 1. The van der Waals surface area contributed by atoms with Crippen LogP contribution in [0, 0.1) is 0 Å². The van der Waals surface area contributed by atoms with Gasteiger partial charge in [-0.25, -0.2) is 14.5 Å². The van der Waals surface area contributed by atoms with Crippen molar-refractivity contribution in [2.75, 3.05) is 11.4 Å². The molecule has 2 saturated heterocycles. The third kappa shape index (κ3) is 1.68. The van der Waals surface area contributed by atoms with E-state index in [2.05, 4.69) is 0 Å². The Hall–Kier alpha value is -2.37. The summed E-state index contributed by atoms with van der Waals surface area (Å²) in [7, 11) is 0. The van der Waals surface area contributed by atoms with Crippen molar-refractivity contribution >= 4 is 23.6 Å². The fraction of sp³-hybridized carbons (Fsp3) is 0.308. The molecule has 3 rings (SSSR count). The van der Waals surface area contributed by atoms with Crippen LogP contribution in [0.1, 0.15) is 23.2 Å². The number of carboxylic acids is 1. The Morgan fingerprint density at radius 2 is 1.89 bits per heavy atom. The van der Waals surface area contributed by atoms with Crippen LogP contribution in [0.3, 0.4) is 0 Å². The van der Waals surface area contributed by atoms with Gasteiger partial charge < -0.3 is 10.0 Å². The van der Waals surface area contributed by atoms with Gasteiger partial charge in [-0.3, -0.25) is 4.79 Å². The highest BCUT2D eigenvalue weighted by molar-refractivity contribution is 6.21. The molecule has 1 aromatic rings. The second-order valence-corrected chi connectivity index (χ2v) is 4.66. The minimum atomic E-state index is -1.04. The highest BCUT2D eigenvalue weighted by Gasteiger charge is 2.47. The number of anilines is 1. The maximum atomic E-state index is 12.2. The summed E-state index contributed by atoms with van der Waals surface area (Å²) in [5, 5.41) is 8.82. The third-order valence-corrected chi connectivity index (χ3v) is 3.57. The fourth-order valence-corrected chi connectivity index (χ4v) is 2.61. The molecule has 2 fully saturated rings. The van der Waals surface area contributed by atoms with E-state index in [9.17, 15) is 14.4 Å². The molecule has 1 atom stereocenters. The van der Waals surface area contributed by atoms with E-state index in [0.29, 0.717) is 18.7 Å². The van der Waals surface area contributed by atoms with Crippen LogP contribution in [-0.2, 0) is 4.79 Å². The van der Waals surface area contributed by atoms with E-state index < -0.39 is 5.97 Å². The second kappa shape index (κ2) is 4.08. The van der Waals surface area contributed by atoms with Gasteiger partial charge in [-0.05, 0) is 37.1 Å². The first-order valence-electron chi connectivity index (χ1n) is 6.07. The van der Waals surface area contributed by atoms with Crippen molar-refractivity contribution in [2.24, 2.45) is 0 Å². The number of carbonyl (C=O) groups excluding carboxylic acids is 2. The van der Waals surface area contributed by atoms with Gasteiger partial charge in [0, 0.05) is 6.54 Å². The van der Waals surface area contributed by atoms with E-state index in [1.165, 1.54) is 24.3 Å². The van der Waals surface area contributed by atoms with Gasteiger partial charge in [0.25, 0.3) is 5.91 Å². The molecule has 0 aromatic heterocycles. The van der Waals surface area contributed by atoms with Crippen LogP contribution in [0.4, 0.5) is 10.5 Å². The minimum absolute atomic E-state index is 0.128. The van der Waals surface area contributed by atoms with Gasteiger partial charge in [-0.15, -0.1) is 0 Å². The summed E-state index contributed by atoms with van der Waals surface area (Å²) in [5.41, 5.74) is 0.553. The first kappa shape index (κ1) is 11.7. The van der Waals surface area contributed by atoms with E-state index in [1.54, 1.807) is 4.90 Å². The molecule has 0 unspecified atom stereocenters. The molecule has 0 radical (unpaired) electrons. The smallest absolute Gasteiger partial charge is 0.335 e. The highest BCUT2D eigenvalue weighted by Crippen LogP contribution is 2.31. The lowest BCUT2D eigenvalue weighted by Gasteiger charge is -2.15. The Kier molecular flexibility index (Phi) is 2.51. The number of rotatable bonds is 2. The van der Waals surface area contributed by atoms with E-state index in [-0.39, 0.29) is 23.5 Å². The lowest BCUT2D eigenvalue weighted by Crippen LogP contribution is -2.33. The Labute approximate surface area is 109 Å². The molecule has 19 heavy (non-hydrogen) atoms. The monoisotopic (exact) mass is 260 g/mol. The topological polar surface area (TPSA) is 77.9 Å². The van der Waals surface area contributed by atoms with Crippen LogP contribution in [0.2, 0.25) is 0 Å². The zero-order chi connectivity index (χ0) is 13.6. The van der Waals surface area contributed by atoms with Crippen molar-refractivity contribution in [1.29, 1.82) is 0 Å². The number of amides is 3. The summed E-state index contributed by atoms with van der Waals surface area (Å²) in [6.07, 6.45) is 1.56. The van der Waals surface area contributed by atoms with Crippen LogP contribution >= 0.6 is 0 Å². The van der Waals surface area contributed by atoms with Crippen LogP contribution in [0.15, 0.2) is 24.3 Å². The van der Waals surface area contributed by atoms with E-state index >= 15 is 0 Å². The number of nitrogens with zero attached hydrogens (tertiary/aromatic N) is 2. The summed E-state index contributed by atoms with van der Waals surface area (Å²) >= 11 is 0. The van der Waals surface area contributed by atoms with Gasteiger partial charge in [0.1, 0.15) is 6.04 Å². The molecule has 0 aliphatic carbocycles. The fourth-order valence-electron chi connectivity index (χ4n) is 2.61. The van der Waals surface area contributed by atoms with Gasteiger partial charge >= 0.3 is 12.0 Å². The second-order valence-electron chi connectivity index (χ2n) is 4.66. The number of hydrogen-bond acceptors (Lipinski definition) is 3. The van der Waals surface area contributed by atoms with Crippen molar-refractivity contribution < 1.29 is 19.5 Å². The van der Waals surface area contributed by atoms with Crippen molar-refractivity contribution in [1.82, 2.24) is 4.90 Å². The average molecular weight is 260 g/mol. The van der Waals surface area contributed by atoms with Crippen LogP contribution in [0.25, 0.3) is 0 Å². The SMILES string of the molecule is O=C(O)c1ccc(N2C(=O)[C@@H]3CCCN3C2=O)cc1. The van der Waals surface area contributed by atoms with Crippen LogP contribution in [-0.4, -0.2) is 40.5 Å².